The lowest BCUT2D eigenvalue weighted by Gasteiger charge is -2.13. The third-order valence-electron chi connectivity index (χ3n) is 4.22. The topological polar surface area (TPSA) is 58.2 Å². The van der Waals surface area contributed by atoms with Crippen LogP contribution in [0.5, 0.6) is 0 Å². The molecular weight excluding hydrogens is 356 g/mol. The molecule has 27 heavy (non-hydrogen) atoms. The molecule has 3 aromatic carbocycles. The average molecular weight is 378 g/mol. The number of anilines is 2. The van der Waals surface area contributed by atoms with Gasteiger partial charge in [0.25, 0.3) is 0 Å². The first-order valence-electron chi connectivity index (χ1n) is 8.79. The summed E-state index contributed by atoms with van der Waals surface area (Å²) in [5, 5.41) is 7.56. The van der Waals surface area contributed by atoms with E-state index in [0.717, 1.165) is 27.7 Å². The van der Waals surface area contributed by atoms with E-state index in [4.69, 9.17) is 0 Å². The Labute approximate surface area is 163 Å². The molecule has 138 valence electrons. The molecule has 0 spiro atoms. The van der Waals surface area contributed by atoms with Gasteiger partial charge in [-0.1, -0.05) is 54.1 Å². The van der Waals surface area contributed by atoms with Gasteiger partial charge in [0.15, 0.2) is 0 Å². The molecule has 0 aromatic heterocycles. The van der Waals surface area contributed by atoms with Crippen LogP contribution in [-0.4, -0.2) is 22.8 Å². The van der Waals surface area contributed by atoms with Crippen molar-refractivity contribution in [3.63, 3.8) is 0 Å². The van der Waals surface area contributed by atoms with Crippen LogP contribution < -0.4 is 10.6 Å². The normalized spacial score (nSPS) is 11.8. The van der Waals surface area contributed by atoms with Crippen molar-refractivity contribution in [2.24, 2.45) is 0 Å². The molecule has 2 N–H and O–H groups in total. The largest absolute Gasteiger partial charge is 0.325 e. The van der Waals surface area contributed by atoms with Crippen LogP contribution in [0.1, 0.15) is 12.5 Å². The number of fused-ring (bicyclic) bond motifs is 1. The molecule has 0 aliphatic heterocycles. The van der Waals surface area contributed by atoms with Crippen molar-refractivity contribution in [3.05, 3.63) is 72.3 Å². The second-order valence-corrected chi connectivity index (χ2v) is 7.71. The van der Waals surface area contributed by atoms with Gasteiger partial charge in [0.05, 0.1) is 11.0 Å². The van der Waals surface area contributed by atoms with Gasteiger partial charge in [-0.3, -0.25) is 9.59 Å². The molecule has 1 unspecified atom stereocenters. The molecule has 0 heterocycles. The molecule has 4 nitrogen and oxygen atoms in total. The highest BCUT2D eigenvalue weighted by Gasteiger charge is 2.16. The molecule has 0 radical (unpaired) electrons. The van der Waals surface area contributed by atoms with Crippen LogP contribution in [0.25, 0.3) is 10.8 Å². The van der Waals surface area contributed by atoms with E-state index in [2.05, 4.69) is 10.6 Å². The van der Waals surface area contributed by atoms with Gasteiger partial charge in [0, 0.05) is 16.8 Å². The molecule has 0 saturated carbocycles. The molecule has 0 bridgehead atoms. The van der Waals surface area contributed by atoms with E-state index in [1.165, 1.54) is 11.8 Å². The van der Waals surface area contributed by atoms with Crippen LogP contribution in [0.15, 0.2) is 66.7 Å². The predicted octanol–water partition coefficient (Wildman–Crippen LogP) is 4.85. The fraction of sp³-hybridized carbons (Fsp3) is 0.182. The van der Waals surface area contributed by atoms with Crippen molar-refractivity contribution in [2.75, 3.05) is 16.4 Å². The molecule has 0 saturated heterocycles. The van der Waals surface area contributed by atoms with E-state index in [0.29, 0.717) is 0 Å². The summed E-state index contributed by atoms with van der Waals surface area (Å²) < 4.78 is 0. The maximum Gasteiger partial charge on any atom is 0.237 e. The number of hydrogen-bond acceptors (Lipinski definition) is 3. The SMILES string of the molecule is Cc1ccc(NC(=O)CSC(C)C(=O)Nc2cccc3ccccc23)cc1. The van der Waals surface area contributed by atoms with Gasteiger partial charge in [0.2, 0.25) is 11.8 Å². The number of benzene rings is 3. The maximum atomic E-state index is 12.5. The lowest BCUT2D eigenvalue weighted by Crippen LogP contribution is -2.25. The lowest BCUT2D eigenvalue weighted by molar-refractivity contribution is -0.115. The van der Waals surface area contributed by atoms with E-state index in [1.54, 1.807) is 0 Å². The van der Waals surface area contributed by atoms with Gasteiger partial charge in [0.1, 0.15) is 0 Å². The number of hydrogen-bond donors (Lipinski definition) is 2. The van der Waals surface area contributed by atoms with E-state index >= 15 is 0 Å². The standard InChI is InChI=1S/C22H22N2O2S/c1-15-10-12-18(13-11-15)23-21(25)14-27-16(2)22(26)24-20-9-5-7-17-6-3-4-8-19(17)20/h3-13,16H,14H2,1-2H3,(H,23,25)(H,24,26). The second kappa shape index (κ2) is 8.73. The van der Waals surface area contributed by atoms with E-state index in [1.807, 2.05) is 80.6 Å². The van der Waals surface area contributed by atoms with Gasteiger partial charge in [-0.05, 0) is 37.4 Å². The molecule has 1 atom stereocenters. The third-order valence-corrected chi connectivity index (χ3v) is 5.36. The van der Waals surface area contributed by atoms with Crippen molar-refractivity contribution in [1.29, 1.82) is 0 Å². The van der Waals surface area contributed by atoms with Crippen molar-refractivity contribution in [2.45, 2.75) is 19.1 Å². The summed E-state index contributed by atoms with van der Waals surface area (Å²) in [6.45, 7) is 3.81. The molecule has 0 aliphatic rings. The van der Waals surface area contributed by atoms with Gasteiger partial charge in [-0.25, -0.2) is 0 Å². The van der Waals surface area contributed by atoms with E-state index in [-0.39, 0.29) is 22.8 Å². The summed E-state index contributed by atoms with van der Waals surface area (Å²) in [6.07, 6.45) is 0. The number of thioether (sulfide) groups is 1. The molecule has 0 fully saturated rings. The number of amides is 2. The van der Waals surface area contributed by atoms with Crippen molar-refractivity contribution in [1.82, 2.24) is 0 Å². The number of rotatable bonds is 6. The van der Waals surface area contributed by atoms with Crippen LogP contribution in [0.3, 0.4) is 0 Å². The second-order valence-electron chi connectivity index (χ2n) is 6.38. The highest BCUT2D eigenvalue weighted by Crippen LogP contribution is 2.24. The third kappa shape index (κ3) is 5.11. The minimum absolute atomic E-state index is 0.112. The summed E-state index contributed by atoms with van der Waals surface area (Å²) in [6, 6.07) is 21.4. The Balaban J connectivity index is 1.54. The van der Waals surface area contributed by atoms with Gasteiger partial charge in [-0.15, -0.1) is 11.8 Å². The highest BCUT2D eigenvalue weighted by atomic mass is 32.2. The average Bonchev–Trinajstić information content (AvgIpc) is 2.68. The highest BCUT2D eigenvalue weighted by molar-refractivity contribution is 8.01. The van der Waals surface area contributed by atoms with Crippen molar-refractivity contribution >= 4 is 45.7 Å². The number of aryl methyl sites for hydroxylation is 1. The molecule has 3 rings (SSSR count). The van der Waals surface area contributed by atoms with Crippen molar-refractivity contribution < 1.29 is 9.59 Å². The Morgan fingerprint density at radius 3 is 2.41 bits per heavy atom. The van der Waals surface area contributed by atoms with Crippen LogP contribution >= 0.6 is 11.8 Å². The monoisotopic (exact) mass is 378 g/mol. The Bertz CT molecular complexity index is 949. The lowest BCUT2D eigenvalue weighted by atomic mass is 10.1. The van der Waals surface area contributed by atoms with Crippen LogP contribution in [0.2, 0.25) is 0 Å². The first kappa shape index (κ1) is 19.0. The van der Waals surface area contributed by atoms with Crippen LogP contribution in [0.4, 0.5) is 11.4 Å². The first-order chi connectivity index (χ1) is 13.0. The summed E-state index contributed by atoms with van der Waals surface area (Å²) in [7, 11) is 0. The first-order valence-corrected chi connectivity index (χ1v) is 9.84. The summed E-state index contributed by atoms with van der Waals surface area (Å²) >= 11 is 1.32. The maximum absolute atomic E-state index is 12.5. The molecule has 3 aromatic rings. The molecule has 2 amide bonds. The number of carbonyl (C=O) groups excluding carboxylic acids is 2. The van der Waals surface area contributed by atoms with E-state index < -0.39 is 0 Å². The minimum Gasteiger partial charge on any atom is -0.325 e. The van der Waals surface area contributed by atoms with Crippen molar-refractivity contribution in [3.8, 4) is 0 Å². The molecule has 5 heteroatoms. The Hall–Kier alpha value is -2.79. The predicted molar refractivity (Wildman–Crippen MR) is 114 cm³/mol. The summed E-state index contributed by atoms with van der Waals surface area (Å²) in [5.41, 5.74) is 2.69. The fourth-order valence-electron chi connectivity index (χ4n) is 2.68. The van der Waals surface area contributed by atoms with E-state index in [9.17, 15) is 9.59 Å². The summed E-state index contributed by atoms with van der Waals surface area (Å²) in [5.74, 6) is -0.00832. The number of nitrogens with one attached hydrogen (secondary N) is 2. The Morgan fingerprint density at radius 1 is 0.926 bits per heavy atom. The molecule has 0 aliphatic carbocycles. The smallest absolute Gasteiger partial charge is 0.237 e. The Morgan fingerprint density at radius 2 is 1.63 bits per heavy atom. The van der Waals surface area contributed by atoms with Gasteiger partial charge in [-0.2, -0.15) is 0 Å². The minimum atomic E-state index is -0.340. The van der Waals surface area contributed by atoms with Crippen LogP contribution in [0, 0.1) is 6.92 Å². The summed E-state index contributed by atoms with van der Waals surface area (Å²) in [4.78, 5) is 24.6. The quantitative estimate of drug-likeness (QED) is 0.645. The van der Waals surface area contributed by atoms with Crippen LogP contribution in [-0.2, 0) is 9.59 Å². The molecular formula is C22H22N2O2S. The Kier molecular flexibility index (Phi) is 6.14. The fourth-order valence-corrected chi connectivity index (χ4v) is 3.36. The van der Waals surface area contributed by atoms with Gasteiger partial charge < -0.3 is 10.6 Å². The zero-order valence-corrected chi connectivity index (χ0v) is 16.2. The number of carbonyl (C=O) groups is 2. The van der Waals surface area contributed by atoms with Gasteiger partial charge >= 0.3 is 0 Å². The zero-order chi connectivity index (χ0) is 19.2. The zero-order valence-electron chi connectivity index (χ0n) is 15.4.